The smallest absolute Gasteiger partial charge is 0.225 e. The van der Waals surface area contributed by atoms with Gasteiger partial charge < -0.3 is 20.3 Å². The minimum Gasteiger partial charge on any atom is -0.492 e. The maximum absolute atomic E-state index is 5.90. The molecule has 31 heavy (non-hydrogen) atoms. The predicted octanol–water partition coefficient (Wildman–Crippen LogP) is 4.74. The SMILES string of the molecule is CN(C)c1nc(NC2CCC(NCCOc3ccc(Cl)cc3)CC2)nc2ccccc12. The van der Waals surface area contributed by atoms with Crippen molar-refractivity contribution in [1.82, 2.24) is 15.3 Å². The van der Waals surface area contributed by atoms with Crippen LogP contribution < -0.4 is 20.3 Å². The molecular weight excluding hydrogens is 410 g/mol. The van der Waals surface area contributed by atoms with Gasteiger partial charge in [0.15, 0.2) is 0 Å². The lowest BCUT2D eigenvalue weighted by atomic mass is 9.91. The highest BCUT2D eigenvalue weighted by Gasteiger charge is 2.22. The Labute approximate surface area is 189 Å². The molecule has 6 nitrogen and oxygen atoms in total. The molecule has 0 unspecified atom stereocenters. The van der Waals surface area contributed by atoms with Crippen molar-refractivity contribution < 1.29 is 4.74 Å². The first-order valence-electron chi connectivity index (χ1n) is 10.9. The summed E-state index contributed by atoms with van der Waals surface area (Å²) in [6.45, 7) is 1.49. The van der Waals surface area contributed by atoms with Crippen molar-refractivity contribution in [2.75, 3.05) is 37.5 Å². The Morgan fingerprint density at radius 1 is 0.968 bits per heavy atom. The van der Waals surface area contributed by atoms with E-state index >= 15 is 0 Å². The van der Waals surface area contributed by atoms with E-state index in [1.807, 2.05) is 61.5 Å². The van der Waals surface area contributed by atoms with E-state index in [-0.39, 0.29) is 0 Å². The van der Waals surface area contributed by atoms with Crippen molar-refractivity contribution in [3.05, 3.63) is 53.6 Å². The average Bonchev–Trinajstić information content (AvgIpc) is 2.78. The number of nitrogens with one attached hydrogen (secondary N) is 2. The molecule has 0 spiro atoms. The monoisotopic (exact) mass is 439 g/mol. The van der Waals surface area contributed by atoms with Crippen molar-refractivity contribution in [3.63, 3.8) is 0 Å². The Morgan fingerprint density at radius 2 is 1.68 bits per heavy atom. The number of ether oxygens (including phenoxy) is 1. The van der Waals surface area contributed by atoms with Crippen LogP contribution in [0.3, 0.4) is 0 Å². The number of rotatable bonds is 8. The summed E-state index contributed by atoms with van der Waals surface area (Å²) >= 11 is 5.90. The number of aromatic nitrogens is 2. The topological polar surface area (TPSA) is 62.3 Å². The number of fused-ring (bicyclic) bond motifs is 1. The first kappa shape index (κ1) is 21.7. The number of hydrogen-bond donors (Lipinski definition) is 2. The first-order chi connectivity index (χ1) is 15.1. The molecule has 0 bridgehead atoms. The van der Waals surface area contributed by atoms with Gasteiger partial charge in [-0.05, 0) is 62.1 Å². The van der Waals surface area contributed by atoms with Gasteiger partial charge in [-0.1, -0.05) is 23.7 Å². The molecule has 2 N–H and O–H groups in total. The van der Waals surface area contributed by atoms with Crippen LogP contribution in [0.2, 0.25) is 5.02 Å². The van der Waals surface area contributed by atoms with Gasteiger partial charge in [0.2, 0.25) is 5.95 Å². The van der Waals surface area contributed by atoms with Crippen LogP contribution in [-0.2, 0) is 0 Å². The molecule has 2 aromatic carbocycles. The fourth-order valence-corrected chi connectivity index (χ4v) is 4.18. The second kappa shape index (κ2) is 10.2. The Hall–Kier alpha value is -2.57. The molecule has 4 rings (SSSR count). The number of nitrogens with zero attached hydrogens (tertiary/aromatic N) is 3. The Balaban J connectivity index is 1.24. The second-order valence-electron chi connectivity index (χ2n) is 8.23. The van der Waals surface area contributed by atoms with Gasteiger partial charge in [-0.25, -0.2) is 4.98 Å². The summed E-state index contributed by atoms with van der Waals surface area (Å²) in [7, 11) is 4.04. The lowest BCUT2D eigenvalue weighted by Gasteiger charge is -2.30. The summed E-state index contributed by atoms with van der Waals surface area (Å²) in [4.78, 5) is 11.6. The molecule has 0 atom stereocenters. The zero-order chi connectivity index (χ0) is 21.6. The third kappa shape index (κ3) is 5.77. The Kier molecular flexibility index (Phi) is 7.10. The Bertz CT molecular complexity index is 987. The zero-order valence-electron chi connectivity index (χ0n) is 18.1. The zero-order valence-corrected chi connectivity index (χ0v) is 18.9. The van der Waals surface area contributed by atoms with Gasteiger partial charge in [0.05, 0.1) is 5.52 Å². The Morgan fingerprint density at radius 3 is 2.42 bits per heavy atom. The van der Waals surface area contributed by atoms with Gasteiger partial charge in [0.1, 0.15) is 18.2 Å². The fraction of sp³-hybridized carbons (Fsp3) is 0.417. The molecule has 0 saturated heterocycles. The molecule has 7 heteroatoms. The third-order valence-corrected chi connectivity index (χ3v) is 5.94. The van der Waals surface area contributed by atoms with Crippen LogP contribution >= 0.6 is 11.6 Å². The predicted molar refractivity (Wildman–Crippen MR) is 128 cm³/mol. The molecule has 1 aliphatic rings. The number of para-hydroxylation sites is 1. The number of halogens is 1. The van der Waals surface area contributed by atoms with E-state index in [1.165, 1.54) is 0 Å². The van der Waals surface area contributed by atoms with Crippen LogP contribution in [0, 0.1) is 0 Å². The summed E-state index contributed by atoms with van der Waals surface area (Å²) in [5, 5.41) is 8.99. The van der Waals surface area contributed by atoms with E-state index in [0.717, 1.165) is 65.7 Å². The summed E-state index contributed by atoms with van der Waals surface area (Å²) in [6, 6.07) is 16.6. The van der Waals surface area contributed by atoms with Crippen molar-refractivity contribution in [1.29, 1.82) is 0 Å². The van der Waals surface area contributed by atoms with E-state index in [9.17, 15) is 0 Å². The third-order valence-electron chi connectivity index (χ3n) is 5.68. The minimum absolute atomic E-state index is 0.402. The van der Waals surface area contributed by atoms with E-state index in [0.29, 0.717) is 18.7 Å². The average molecular weight is 440 g/mol. The maximum Gasteiger partial charge on any atom is 0.225 e. The molecular formula is C24H30ClN5O. The van der Waals surface area contributed by atoms with Gasteiger partial charge in [0, 0.05) is 43.1 Å². The van der Waals surface area contributed by atoms with Crippen LogP contribution in [0.4, 0.5) is 11.8 Å². The van der Waals surface area contributed by atoms with Crippen molar-refractivity contribution in [2.24, 2.45) is 0 Å². The fourth-order valence-electron chi connectivity index (χ4n) is 4.05. The second-order valence-corrected chi connectivity index (χ2v) is 8.67. The molecule has 1 heterocycles. The molecule has 1 aliphatic carbocycles. The van der Waals surface area contributed by atoms with Gasteiger partial charge in [-0.15, -0.1) is 0 Å². The molecule has 0 aliphatic heterocycles. The van der Waals surface area contributed by atoms with Crippen molar-refractivity contribution in [2.45, 2.75) is 37.8 Å². The summed E-state index contributed by atoms with van der Waals surface area (Å²) in [6.07, 6.45) is 4.46. The molecule has 1 aromatic heterocycles. The van der Waals surface area contributed by atoms with Gasteiger partial charge in [0.25, 0.3) is 0 Å². The number of hydrogen-bond acceptors (Lipinski definition) is 6. The van der Waals surface area contributed by atoms with Gasteiger partial charge >= 0.3 is 0 Å². The summed E-state index contributed by atoms with van der Waals surface area (Å²) in [5.74, 6) is 2.52. The highest BCUT2D eigenvalue weighted by Crippen LogP contribution is 2.26. The van der Waals surface area contributed by atoms with E-state index in [4.69, 9.17) is 26.3 Å². The van der Waals surface area contributed by atoms with Crippen molar-refractivity contribution >= 4 is 34.3 Å². The highest BCUT2D eigenvalue weighted by atomic mass is 35.5. The van der Waals surface area contributed by atoms with Crippen LogP contribution in [0.1, 0.15) is 25.7 Å². The summed E-state index contributed by atoms with van der Waals surface area (Å²) < 4.78 is 5.76. The van der Waals surface area contributed by atoms with Crippen LogP contribution in [0.5, 0.6) is 5.75 Å². The van der Waals surface area contributed by atoms with Crippen LogP contribution in [0.15, 0.2) is 48.5 Å². The lowest BCUT2D eigenvalue weighted by Crippen LogP contribution is -2.38. The molecule has 0 amide bonds. The van der Waals surface area contributed by atoms with Gasteiger partial charge in [-0.2, -0.15) is 4.98 Å². The van der Waals surface area contributed by atoms with E-state index < -0.39 is 0 Å². The maximum atomic E-state index is 5.90. The van der Waals surface area contributed by atoms with Crippen molar-refractivity contribution in [3.8, 4) is 5.75 Å². The first-order valence-corrected chi connectivity index (χ1v) is 11.3. The standard InChI is InChI=1S/C24H30ClN5O/c1-30(2)23-21-5-3-4-6-22(21)28-24(29-23)27-19-11-9-18(10-12-19)26-15-16-31-20-13-7-17(25)8-14-20/h3-8,13-14,18-19,26H,9-12,15-16H2,1-2H3,(H,27,28,29). The number of anilines is 2. The van der Waals surface area contributed by atoms with Crippen LogP contribution in [0.25, 0.3) is 10.9 Å². The molecule has 3 aromatic rings. The molecule has 164 valence electrons. The summed E-state index contributed by atoms with van der Waals surface area (Å²) in [5.41, 5.74) is 0.972. The molecule has 1 fully saturated rings. The molecule has 1 saturated carbocycles. The normalized spacial score (nSPS) is 18.7. The number of benzene rings is 2. The highest BCUT2D eigenvalue weighted by molar-refractivity contribution is 6.30. The van der Waals surface area contributed by atoms with E-state index in [1.54, 1.807) is 0 Å². The van der Waals surface area contributed by atoms with Crippen LogP contribution in [-0.4, -0.2) is 49.3 Å². The lowest BCUT2D eigenvalue weighted by molar-refractivity contribution is 0.285. The largest absolute Gasteiger partial charge is 0.492 e. The van der Waals surface area contributed by atoms with E-state index in [2.05, 4.69) is 16.7 Å². The van der Waals surface area contributed by atoms with Gasteiger partial charge in [-0.3, -0.25) is 0 Å². The quantitative estimate of drug-likeness (QED) is 0.494. The minimum atomic E-state index is 0.402. The molecule has 0 radical (unpaired) electrons.